The Kier molecular flexibility index (Phi) is 4.86. The monoisotopic (exact) mass is 362 g/mol. The first-order chi connectivity index (χ1) is 11.9. The Morgan fingerprint density at radius 2 is 1.88 bits per heavy atom. The second-order valence-electron chi connectivity index (χ2n) is 6.43. The molecule has 0 unspecified atom stereocenters. The zero-order chi connectivity index (χ0) is 18.0. The maximum Gasteiger partial charge on any atom is 0.284 e. The van der Waals surface area contributed by atoms with Crippen molar-refractivity contribution in [1.82, 2.24) is 5.01 Å². The normalized spacial score (nSPS) is 14.7. The molecule has 0 atom stereocenters. The summed E-state index contributed by atoms with van der Waals surface area (Å²) in [6, 6.07) is 13.8. The van der Waals surface area contributed by atoms with Gasteiger partial charge in [-0.05, 0) is 50.6 Å². The molecule has 1 aliphatic heterocycles. The second-order valence-corrected chi connectivity index (χ2v) is 6.86. The number of para-hydroxylation sites is 1. The van der Waals surface area contributed by atoms with Gasteiger partial charge in [-0.25, -0.2) is 4.39 Å². The third-order valence-corrected chi connectivity index (χ3v) is 4.33. The Bertz CT molecular complexity index is 767. The largest absolute Gasteiger partial charge is 0.475 e. The van der Waals surface area contributed by atoms with Gasteiger partial charge in [0.2, 0.25) is 0 Å². The molecule has 0 aliphatic carbocycles. The topological polar surface area (TPSA) is 32.8 Å². The van der Waals surface area contributed by atoms with Gasteiger partial charge in [-0.3, -0.25) is 14.8 Å². The molecular weight excluding hydrogens is 343 g/mol. The van der Waals surface area contributed by atoms with Crippen molar-refractivity contribution in [2.45, 2.75) is 25.9 Å². The fourth-order valence-electron chi connectivity index (χ4n) is 2.88. The number of hydrazine groups is 1. The van der Waals surface area contributed by atoms with Gasteiger partial charge < -0.3 is 4.74 Å². The lowest BCUT2D eigenvalue weighted by molar-refractivity contribution is -0.145. The lowest BCUT2D eigenvalue weighted by Crippen LogP contribution is -2.53. The summed E-state index contributed by atoms with van der Waals surface area (Å²) in [5, 5.41) is 3.89. The third kappa shape index (κ3) is 3.71. The molecule has 4 nitrogen and oxygen atoms in total. The third-order valence-electron chi connectivity index (χ3n) is 4.09. The van der Waals surface area contributed by atoms with Crippen LogP contribution in [0.5, 0.6) is 5.75 Å². The van der Waals surface area contributed by atoms with Gasteiger partial charge in [0.15, 0.2) is 17.2 Å². The van der Waals surface area contributed by atoms with Crippen LogP contribution in [0.15, 0.2) is 48.5 Å². The first-order valence-electron chi connectivity index (χ1n) is 8.17. The van der Waals surface area contributed by atoms with Crippen LogP contribution in [0.4, 0.5) is 10.1 Å². The second kappa shape index (κ2) is 6.92. The molecule has 1 heterocycles. The van der Waals surface area contributed by atoms with E-state index in [1.807, 2.05) is 35.3 Å². The van der Waals surface area contributed by atoms with Crippen LogP contribution >= 0.6 is 11.6 Å². The molecule has 1 fully saturated rings. The number of anilines is 1. The van der Waals surface area contributed by atoms with E-state index in [2.05, 4.69) is 0 Å². The zero-order valence-electron chi connectivity index (χ0n) is 14.2. The van der Waals surface area contributed by atoms with Gasteiger partial charge in [-0.15, -0.1) is 0 Å². The highest BCUT2D eigenvalue weighted by Crippen LogP contribution is 2.29. The lowest BCUT2D eigenvalue weighted by atomic mass is 10.1. The van der Waals surface area contributed by atoms with Gasteiger partial charge in [-0.2, -0.15) is 0 Å². The summed E-state index contributed by atoms with van der Waals surface area (Å²) in [6.45, 7) is 4.64. The fourth-order valence-corrected chi connectivity index (χ4v) is 3.04. The van der Waals surface area contributed by atoms with Crippen LogP contribution in [-0.2, 0) is 4.79 Å². The van der Waals surface area contributed by atoms with Gasteiger partial charge in [0.05, 0.1) is 5.69 Å². The minimum atomic E-state index is -1.22. The van der Waals surface area contributed by atoms with Crippen LogP contribution in [0.1, 0.15) is 20.3 Å². The van der Waals surface area contributed by atoms with E-state index in [4.69, 9.17) is 16.3 Å². The fraction of sp³-hybridized carbons (Fsp3) is 0.316. The number of rotatable bonds is 4. The molecule has 6 heteroatoms. The number of carbonyl (C=O) groups is 1. The molecule has 0 radical (unpaired) electrons. The summed E-state index contributed by atoms with van der Waals surface area (Å²) < 4.78 is 19.7. The predicted octanol–water partition coefficient (Wildman–Crippen LogP) is 4.29. The van der Waals surface area contributed by atoms with Crippen molar-refractivity contribution < 1.29 is 13.9 Å². The van der Waals surface area contributed by atoms with Crippen molar-refractivity contribution in [3.05, 3.63) is 59.4 Å². The van der Waals surface area contributed by atoms with Crippen molar-refractivity contribution in [1.29, 1.82) is 0 Å². The summed E-state index contributed by atoms with van der Waals surface area (Å²) in [5.41, 5.74) is -0.270. The van der Waals surface area contributed by atoms with Crippen molar-refractivity contribution in [2.24, 2.45) is 0 Å². The lowest BCUT2D eigenvalue weighted by Gasteiger charge is -2.35. The average Bonchev–Trinajstić information content (AvgIpc) is 3.07. The van der Waals surface area contributed by atoms with E-state index in [-0.39, 0.29) is 16.7 Å². The van der Waals surface area contributed by atoms with Crippen molar-refractivity contribution in [3.8, 4) is 5.75 Å². The van der Waals surface area contributed by atoms with Gasteiger partial charge >= 0.3 is 0 Å². The number of ether oxygens (including phenoxy) is 1. The molecule has 0 saturated carbocycles. The van der Waals surface area contributed by atoms with Crippen LogP contribution < -0.4 is 9.75 Å². The van der Waals surface area contributed by atoms with E-state index in [1.54, 1.807) is 18.9 Å². The van der Waals surface area contributed by atoms with Crippen molar-refractivity contribution in [3.63, 3.8) is 0 Å². The number of halogens is 2. The van der Waals surface area contributed by atoms with E-state index >= 15 is 0 Å². The highest BCUT2D eigenvalue weighted by Gasteiger charge is 2.39. The summed E-state index contributed by atoms with van der Waals surface area (Å²) in [4.78, 5) is 13.0. The summed E-state index contributed by atoms with van der Waals surface area (Å²) >= 11 is 5.76. The molecule has 1 amide bonds. The van der Waals surface area contributed by atoms with Crippen LogP contribution in [0.25, 0.3) is 0 Å². The number of hydrogen-bond donors (Lipinski definition) is 0. The molecule has 25 heavy (non-hydrogen) atoms. The molecule has 132 valence electrons. The Morgan fingerprint density at radius 1 is 1.16 bits per heavy atom. The quantitative estimate of drug-likeness (QED) is 0.813. The molecule has 0 spiro atoms. The van der Waals surface area contributed by atoms with E-state index < -0.39 is 11.4 Å². The SMILES string of the molecule is CC(C)(Oc1ccc(Cl)cc1F)C(=O)N1CCCN1c1ccccc1. The van der Waals surface area contributed by atoms with Crippen LogP contribution in [0.3, 0.4) is 0 Å². The minimum Gasteiger partial charge on any atom is -0.475 e. The molecule has 2 aromatic rings. The molecule has 0 bridgehead atoms. The first kappa shape index (κ1) is 17.5. The number of amides is 1. The number of carbonyl (C=O) groups excluding carboxylic acids is 1. The molecule has 2 aromatic carbocycles. The first-order valence-corrected chi connectivity index (χ1v) is 8.55. The Morgan fingerprint density at radius 3 is 2.56 bits per heavy atom. The maximum atomic E-state index is 14.0. The standard InChI is InChI=1S/C19H20ClFN2O2/c1-19(2,25-17-10-9-14(20)13-16(17)21)18(24)23-12-6-11-22(23)15-7-4-3-5-8-15/h3-5,7-10,13H,6,11-12H2,1-2H3. The Labute approximate surface area is 151 Å². The zero-order valence-corrected chi connectivity index (χ0v) is 15.0. The summed E-state index contributed by atoms with van der Waals surface area (Å²) in [5.74, 6) is -0.800. The Hall–Kier alpha value is -2.27. The van der Waals surface area contributed by atoms with Crippen molar-refractivity contribution in [2.75, 3.05) is 18.1 Å². The van der Waals surface area contributed by atoms with E-state index in [9.17, 15) is 9.18 Å². The predicted molar refractivity (Wildman–Crippen MR) is 96.2 cm³/mol. The number of nitrogens with zero attached hydrogens (tertiary/aromatic N) is 2. The number of benzene rings is 2. The summed E-state index contributed by atoms with van der Waals surface area (Å²) in [7, 11) is 0. The van der Waals surface area contributed by atoms with E-state index in [0.717, 1.165) is 18.7 Å². The van der Waals surface area contributed by atoms with Crippen LogP contribution in [0.2, 0.25) is 5.02 Å². The summed E-state index contributed by atoms with van der Waals surface area (Å²) in [6.07, 6.45) is 0.867. The van der Waals surface area contributed by atoms with Gasteiger partial charge in [0.25, 0.3) is 5.91 Å². The van der Waals surface area contributed by atoms with Gasteiger partial charge in [0, 0.05) is 18.1 Å². The Balaban J connectivity index is 1.80. The van der Waals surface area contributed by atoms with Gasteiger partial charge in [-0.1, -0.05) is 29.8 Å². The number of hydrogen-bond acceptors (Lipinski definition) is 3. The average molecular weight is 363 g/mol. The molecule has 3 rings (SSSR count). The van der Waals surface area contributed by atoms with Crippen molar-refractivity contribution >= 4 is 23.2 Å². The molecule has 0 N–H and O–H groups in total. The highest BCUT2D eigenvalue weighted by molar-refractivity contribution is 6.30. The minimum absolute atomic E-state index is 0.00760. The van der Waals surface area contributed by atoms with Gasteiger partial charge in [0.1, 0.15) is 0 Å². The molecule has 1 saturated heterocycles. The molecular formula is C19H20ClFN2O2. The van der Waals surface area contributed by atoms with E-state index in [1.165, 1.54) is 18.2 Å². The highest BCUT2D eigenvalue weighted by atomic mass is 35.5. The smallest absolute Gasteiger partial charge is 0.284 e. The van der Waals surface area contributed by atoms with E-state index in [0.29, 0.717) is 6.54 Å². The maximum absolute atomic E-state index is 14.0. The molecule has 1 aliphatic rings. The molecule has 0 aromatic heterocycles. The van der Waals surface area contributed by atoms with Crippen LogP contribution in [-0.4, -0.2) is 29.6 Å². The van der Waals surface area contributed by atoms with Crippen LogP contribution in [0, 0.1) is 5.82 Å².